The lowest BCUT2D eigenvalue weighted by molar-refractivity contribution is -0.142. The van der Waals surface area contributed by atoms with Crippen LogP contribution in [0.4, 0.5) is 5.69 Å². The molecule has 3 unspecified atom stereocenters. The van der Waals surface area contributed by atoms with E-state index in [9.17, 15) is 18.3 Å². The molecule has 2 bridgehead atoms. The maximum atomic E-state index is 12.9. The molecule has 1 aromatic rings. The first-order valence-corrected chi connectivity index (χ1v) is 9.60. The molecule has 0 spiro atoms. The van der Waals surface area contributed by atoms with E-state index >= 15 is 0 Å². The smallest absolute Gasteiger partial charge is 0.322 e. The molecular formula is C16H22N2O7S. The molecule has 1 aliphatic carbocycles. The molecular weight excluding hydrogens is 364 g/mol. The lowest BCUT2D eigenvalue weighted by Crippen LogP contribution is -2.50. The molecule has 1 aromatic carbocycles. The van der Waals surface area contributed by atoms with Gasteiger partial charge < -0.3 is 19.3 Å². The fraction of sp³-hybridized carbons (Fsp3) is 0.562. The Balaban J connectivity index is 1.94. The molecule has 0 aromatic heterocycles. The van der Waals surface area contributed by atoms with Gasteiger partial charge >= 0.3 is 16.2 Å². The van der Waals surface area contributed by atoms with Crippen LogP contribution in [0.25, 0.3) is 0 Å². The van der Waals surface area contributed by atoms with Gasteiger partial charge in [0, 0.05) is 18.2 Å². The lowest BCUT2D eigenvalue weighted by atomic mass is 10.0. The molecule has 1 heterocycles. The van der Waals surface area contributed by atoms with E-state index in [1.165, 1.54) is 33.5 Å². The van der Waals surface area contributed by atoms with Gasteiger partial charge in [-0.3, -0.25) is 9.52 Å². The summed E-state index contributed by atoms with van der Waals surface area (Å²) in [4.78, 5) is 11.6. The second-order valence-corrected chi connectivity index (χ2v) is 7.94. The number of carboxylic acid groups (broad SMARTS) is 1. The summed E-state index contributed by atoms with van der Waals surface area (Å²) in [6.07, 6.45) is 1.98. The van der Waals surface area contributed by atoms with Crippen LogP contribution in [0.5, 0.6) is 17.2 Å². The molecule has 0 amide bonds. The molecule has 0 radical (unpaired) electrons. The van der Waals surface area contributed by atoms with Crippen LogP contribution >= 0.6 is 0 Å². The van der Waals surface area contributed by atoms with E-state index in [0.717, 1.165) is 10.7 Å². The van der Waals surface area contributed by atoms with Gasteiger partial charge in [-0.05, 0) is 25.2 Å². The number of rotatable bonds is 7. The molecule has 1 aliphatic heterocycles. The van der Waals surface area contributed by atoms with E-state index in [4.69, 9.17) is 14.2 Å². The van der Waals surface area contributed by atoms with Gasteiger partial charge in [-0.2, -0.15) is 12.7 Å². The predicted octanol–water partition coefficient (Wildman–Crippen LogP) is 1.31. The van der Waals surface area contributed by atoms with Crippen molar-refractivity contribution >= 4 is 21.9 Å². The van der Waals surface area contributed by atoms with Crippen molar-refractivity contribution in [2.45, 2.75) is 31.3 Å². The number of carboxylic acids is 1. The highest BCUT2D eigenvalue weighted by Gasteiger charge is 2.54. The topological polar surface area (TPSA) is 114 Å². The third-order valence-corrected chi connectivity index (χ3v) is 6.54. The number of ether oxygens (including phenoxy) is 3. The number of piperidine rings is 1. The zero-order valence-corrected chi connectivity index (χ0v) is 15.6. The average Bonchev–Trinajstić information content (AvgIpc) is 3.21. The van der Waals surface area contributed by atoms with Gasteiger partial charge in [-0.1, -0.05) is 0 Å². The normalized spacial score (nSPS) is 25.1. The summed E-state index contributed by atoms with van der Waals surface area (Å²) in [5.41, 5.74) is 0.200. The van der Waals surface area contributed by atoms with Crippen LogP contribution in [0.3, 0.4) is 0 Å². The Morgan fingerprint density at radius 1 is 1.15 bits per heavy atom. The van der Waals surface area contributed by atoms with Crippen LogP contribution in [0.2, 0.25) is 0 Å². The molecule has 3 atom stereocenters. The van der Waals surface area contributed by atoms with Crippen LogP contribution in [0.1, 0.15) is 19.3 Å². The zero-order chi connectivity index (χ0) is 19.1. The van der Waals surface area contributed by atoms with Crippen LogP contribution < -0.4 is 18.9 Å². The van der Waals surface area contributed by atoms with Gasteiger partial charge in [0.15, 0.2) is 11.5 Å². The highest BCUT2D eigenvalue weighted by molar-refractivity contribution is 7.90. The standard InChI is InChI=1S/C16H22N2O7S/c1-23-12-7-10(8-13(24-2)15(12)25-3)17-26(21,22)18-11-5-4-9(6-11)14(18)16(19)20/h7-9,11,14,17H,4-6H2,1-3H3,(H,19,20). The van der Waals surface area contributed by atoms with Crippen molar-refractivity contribution in [3.63, 3.8) is 0 Å². The first-order valence-electron chi connectivity index (χ1n) is 8.16. The second-order valence-electron chi connectivity index (χ2n) is 6.36. The van der Waals surface area contributed by atoms with E-state index in [-0.39, 0.29) is 17.6 Å². The lowest BCUT2D eigenvalue weighted by Gasteiger charge is -2.31. The van der Waals surface area contributed by atoms with Crippen molar-refractivity contribution in [1.29, 1.82) is 0 Å². The Labute approximate surface area is 152 Å². The largest absolute Gasteiger partial charge is 0.493 e. The SMILES string of the molecule is COc1cc(NS(=O)(=O)N2C3CCC(C3)C2C(=O)O)cc(OC)c1OC. The predicted molar refractivity (Wildman–Crippen MR) is 93.0 cm³/mol. The minimum atomic E-state index is -4.06. The number of methoxy groups -OCH3 is 3. The summed E-state index contributed by atoms with van der Waals surface area (Å²) in [6, 6.07) is 1.60. The van der Waals surface area contributed by atoms with Gasteiger partial charge in [0.1, 0.15) is 6.04 Å². The highest BCUT2D eigenvalue weighted by Crippen LogP contribution is 2.45. The van der Waals surface area contributed by atoms with Crippen molar-refractivity contribution in [3.05, 3.63) is 12.1 Å². The van der Waals surface area contributed by atoms with E-state index in [1.807, 2.05) is 0 Å². The third kappa shape index (κ3) is 3.03. The molecule has 9 nitrogen and oxygen atoms in total. The van der Waals surface area contributed by atoms with Gasteiger partial charge in [-0.25, -0.2) is 0 Å². The number of nitrogens with one attached hydrogen (secondary N) is 1. The summed E-state index contributed by atoms with van der Waals surface area (Å²) in [6.45, 7) is 0. The molecule has 2 aliphatic rings. The number of aliphatic carboxylic acids is 1. The fourth-order valence-electron chi connectivity index (χ4n) is 3.94. The minimum Gasteiger partial charge on any atom is -0.493 e. The van der Waals surface area contributed by atoms with Crippen LogP contribution in [-0.2, 0) is 15.0 Å². The third-order valence-electron chi connectivity index (χ3n) is 4.97. The van der Waals surface area contributed by atoms with E-state index in [1.54, 1.807) is 0 Å². The second kappa shape index (κ2) is 6.84. The van der Waals surface area contributed by atoms with Crippen molar-refractivity contribution in [1.82, 2.24) is 4.31 Å². The molecule has 144 valence electrons. The van der Waals surface area contributed by atoms with Crippen molar-refractivity contribution in [2.75, 3.05) is 26.1 Å². The molecule has 10 heteroatoms. The van der Waals surface area contributed by atoms with Crippen LogP contribution in [-0.4, -0.2) is 57.2 Å². The molecule has 3 rings (SSSR count). The molecule has 2 fully saturated rings. The summed E-state index contributed by atoms with van der Waals surface area (Å²) in [5, 5.41) is 9.48. The zero-order valence-electron chi connectivity index (χ0n) is 14.8. The average molecular weight is 386 g/mol. The van der Waals surface area contributed by atoms with Gasteiger partial charge in [0.2, 0.25) is 5.75 Å². The monoisotopic (exact) mass is 386 g/mol. The summed E-state index contributed by atoms with van der Waals surface area (Å²) in [5.74, 6) is -0.340. The Hall–Kier alpha value is -2.20. The molecule has 26 heavy (non-hydrogen) atoms. The van der Waals surface area contributed by atoms with E-state index in [0.29, 0.717) is 30.1 Å². The van der Waals surface area contributed by atoms with Gasteiger partial charge in [0.05, 0.1) is 27.0 Å². The number of benzene rings is 1. The van der Waals surface area contributed by atoms with Crippen molar-refractivity contribution < 1.29 is 32.5 Å². The van der Waals surface area contributed by atoms with Crippen molar-refractivity contribution in [3.8, 4) is 17.2 Å². The summed E-state index contributed by atoms with van der Waals surface area (Å²) >= 11 is 0. The minimum absolute atomic E-state index is 0.144. The Morgan fingerprint density at radius 3 is 2.27 bits per heavy atom. The molecule has 1 saturated heterocycles. The molecule has 1 saturated carbocycles. The maximum Gasteiger partial charge on any atom is 0.322 e. The summed E-state index contributed by atoms with van der Waals surface area (Å²) in [7, 11) is 0.242. The first-order chi connectivity index (χ1) is 12.3. The Kier molecular flexibility index (Phi) is 4.89. The number of hydrogen-bond acceptors (Lipinski definition) is 6. The fourth-order valence-corrected chi connectivity index (χ4v) is 5.61. The number of carbonyl (C=O) groups is 1. The van der Waals surface area contributed by atoms with Crippen molar-refractivity contribution in [2.24, 2.45) is 5.92 Å². The summed E-state index contributed by atoms with van der Waals surface area (Å²) < 4.78 is 45.0. The Bertz CT molecular complexity index is 786. The maximum absolute atomic E-state index is 12.9. The number of hydrogen-bond donors (Lipinski definition) is 2. The first kappa shape index (κ1) is 18.6. The van der Waals surface area contributed by atoms with E-state index in [2.05, 4.69) is 4.72 Å². The number of fused-ring (bicyclic) bond motifs is 2. The van der Waals surface area contributed by atoms with Gasteiger partial charge in [-0.15, -0.1) is 0 Å². The van der Waals surface area contributed by atoms with Crippen LogP contribution in [0.15, 0.2) is 12.1 Å². The van der Waals surface area contributed by atoms with Gasteiger partial charge in [0.25, 0.3) is 0 Å². The number of nitrogens with zero attached hydrogens (tertiary/aromatic N) is 1. The number of anilines is 1. The van der Waals surface area contributed by atoms with E-state index < -0.39 is 22.2 Å². The Morgan fingerprint density at radius 2 is 1.77 bits per heavy atom. The van der Waals surface area contributed by atoms with Crippen LogP contribution in [0, 0.1) is 5.92 Å². The highest BCUT2D eigenvalue weighted by atomic mass is 32.2. The quantitative estimate of drug-likeness (QED) is 0.726. The molecule has 2 N–H and O–H groups in total.